The number of nitrogens with two attached hydrogens (primary N) is 1. The predicted molar refractivity (Wildman–Crippen MR) is 145 cm³/mol. The number of hydrogen-bond acceptors (Lipinski definition) is 8. The number of methoxy groups -OCH3 is 1. The number of aryl methyl sites for hydroxylation is 1. The van der Waals surface area contributed by atoms with E-state index in [4.69, 9.17) is 27.2 Å². The van der Waals surface area contributed by atoms with Gasteiger partial charge in [-0.15, -0.1) is 0 Å². The summed E-state index contributed by atoms with van der Waals surface area (Å²) in [7, 11) is 1.62. The number of aliphatic hydroxyl groups excluding tert-OH is 1. The third-order valence-corrected chi connectivity index (χ3v) is 6.52. The number of carbonyl (C=O) groups is 1. The number of anilines is 1. The number of halogens is 1. The number of amides is 1. The fraction of sp³-hybridized carbons (Fsp3) is 0.423. The van der Waals surface area contributed by atoms with Crippen LogP contribution in [0, 0.1) is 6.92 Å². The Morgan fingerprint density at radius 3 is 2.68 bits per heavy atom. The molecule has 0 radical (unpaired) electrons. The Morgan fingerprint density at radius 1 is 1.30 bits per heavy atom. The Kier molecular flexibility index (Phi) is 9.60. The molecular formula is C26H34ClN7O3. The molecule has 3 aromatic rings. The molecular weight excluding hydrogens is 494 g/mol. The SMILES string of the molecule is CCC/C(Cl)=C(C)\C(=C(/CC(C)n1nc(C)c2c(N)ncnc21)OC)c1ccc(C(=O)NCCO)nc1. The second-order valence-electron chi connectivity index (χ2n) is 8.73. The van der Waals surface area contributed by atoms with Gasteiger partial charge in [0, 0.05) is 35.3 Å². The van der Waals surface area contributed by atoms with Gasteiger partial charge in [-0.05, 0) is 38.8 Å². The van der Waals surface area contributed by atoms with Crippen LogP contribution >= 0.6 is 11.6 Å². The predicted octanol–water partition coefficient (Wildman–Crippen LogP) is 4.16. The molecule has 0 saturated heterocycles. The quantitative estimate of drug-likeness (QED) is 0.249. The standard InChI is InChI=1S/C26H34ClN7O3/c1-6-7-19(27)16(3)22(18-8-9-20(30-13-18)26(36)29-10-11-35)21(37-5)12-15(2)34-25-23(17(4)33-34)24(28)31-14-32-25/h8-9,13-15,35H,6-7,10-12H2,1-5H3,(H,29,36)(H2,28,31,32)/b19-16+,22-21-. The van der Waals surface area contributed by atoms with Crippen molar-refractivity contribution >= 4 is 39.9 Å². The zero-order chi connectivity index (χ0) is 27.1. The van der Waals surface area contributed by atoms with Crippen LogP contribution in [0.4, 0.5) is 5.82 Å². The smallest absolute Gasteiger partial charge is 0.269 e. The molecule has 0 aliphatic carbocycles. The van der Waals surface area contributed by atoms with Crippen LogP contribution in [0.1, 0.15) is 67.8 Å². The average Bonchev–Trinajstić information content (AvgIpc) is 3.24. The number of fused-ring (bicyclic) bond motifs is 1. The van der Waals surface area contributed by atoms with Crippen LogP contribution in [-0.4, -0.2) is 56.0 Å². The molecule has 0 saturated carbocycles. The first-order valence-electron chi connectivity index (χ1n) is 12.2. The zero-order valence-corrected chi connectivity index (χ0v) is 22.6. The van der Waals surface area contributed by atoms with Gasteiger partial charge in [0.15, 0.2) is 5.65 Å². The van der Waals surface area contributed by atoms with Crippen molar-refractivity contribution in [2.45, 2.75) is 53.0 Å². The number of aliphatic hydroxyl groups is 1. The summed E-state index contributed by atoms with van der Waals surface area (Å²) >= 11 is 6.70. The van der Waals surface area contributed by atoms with Gasteiger partial charge >= 0.3 is 0 Å². The molecule has 0 aliphatic heterocycles. The number of nitrogens with one attached hydrogen (secondary N) is 1. The third-order valence-electron chi connectivity index (χ3n) is 6.05. The van der Waals surface area contributed by atoms with Crippen molar-refractivity contribution in [1.82, 2.24) is 30.0 Å². The minimum atomic E-state index is -0.356. The molecule has 0 spiro atoms. The van der Waals surface area contributed by atoms with Crippen molar-refractivity contribution in [2.24, 2.45) is 0 Å². The van der Waals surface area contributed by atoms with Crippen molar-refractivity contribution in [3.8, 4) is 0 Å². The van der Waals surface area contributed by atoms with E-state index < -0.39 is 0 Å². The number of allylic oxidation sites excluding steroid dienone is 4. The Hall–Kier alpha value is -3.50. The first-order valence-corrected chi connectivity index (χ1v) is 12.5. The number of rotatable bonds is 11. The second-order valence-corrected chi connectivity index (χ2v) is 9.19. The number of pyridine rings is 1. The van der Waals surface area contributed by atoms with Crippen LogP contribution < -0.4 is 11.1 Å². The second kappa shape index (κ2) is 12.6. The molecule has 0 aliphatic rings. The highest BCUT2D eigenvalue weighted by Crippen LogP contribution is 2.35. The Balaban J connectivity index is 2.07. The molecule has 37 heavy (non-hydrogen) atoms. The molecule has 0 aromatic carbocycles. The maximum atomic E-state index is 12.3. The van der Waals surface area contributed by atoms with E-state index >= 15 is 0 Å². The number of aromatic nitrogens is 5. The van der Waals surface area contributed by atoms with Gasteiger partial charge in [-0.25, -0.2) is 14.6 Å². The van der Waals surface area contributed by atoms with Gasteiger partial charge in [0.25, 0.3) is 5.91 Å². The molecule has 0 bridgehead atoms. The monoisotopic (exact) mass is 527 g/mol. The van der Waals surface area contributed by atoms with Gasteiger partial charge in [0.2, 0.25) is 0 Å². The molecule has 3 rings (SSSR count). The lowest BCUT2D eigenvalue weighted by molar-refractivity contribution is 0.0940. The Bertz CT molecular complexity index is 1320. The van der Waals surface area contributed by atoms with E-state index in [2.05, 4.69) is 32.3 Å². The van der Waals surface area contributed by atoms with Gasteiger partial charge < -0.3 is 20.9 Å². The third kappa shape index (κ3) is 6.26. The molecule has 0 fully saturated rings. The summed E-state index contributed by atoms with van der Waals surface area (Å²) in [4.78, 5) is 25.1. The maximum absolute atomic E-state index is 12.3. The summed E-state index contributed by atoms with van der Waals surface area (Å²) in [6.45, 7) is 7.95. The topological polar surface area (TPSA) is 141 Å². The van der Waals surface area contributed by atoms with Crippen molar-refractivity contribution < 1.29 is 14.6 Å². The van der Waals surface area contributed by atoms with Crippen molar-refractivity contribution in [1.29, 1.82) is 0 Å². The highest BCUT2D eigenvalue weighted by atomic mass is 35.5. The number of ether oxygens (including phenoxy) is 1. The first-order chi connectivity index (χ1) is 17.7. The van der Waals surface area contributed by atoms with Gasteiger partial charge in [-0.3, -0.25) is 9.78 Å². The molecule has 3 aromatic heterocycles. The van der Waals surface area contributed by atoms with Crippen molar-refractivity contribution in [2.75, 3.05) is 26.0 Å². The molecule has 198 valence electrons. The van der Waals surface area contributed by atoms with Crippen LogP contribution in [0.3, 0.4) is 0 Å². The van der Waals surface area contributed by atoms with Crippen LogP contribution in [0.2, 0.25) is 0 Å². The minimum Gasteiger partial charge on any atom is -0.500 e. The van der Waals surface area contributed by atoms with E-state index in [0.29, 0.717) is 23.6 Å². The fourth-order valence-electron chi connectivity index (χ4n) is 4.18. The average molecular weight is 528 g/mol. The number of nitrogens with zero attached hydrogens (tertiary/aromatic N) is 5. The van der Waals surface area contributed by atoms with E-state index in [1.54, 1.807) is 19.4 Å². The van der Waals surface area contributed by atoms with Gasteiger partial charge in [0.1, 0.15) is 23.6 Å². The van der Waals surface area contributed by atoms with E-state index in [0.717, 1.165) is 45.7 Å². The van der Waals surface area contributed by atoms with E-state index in [1.807, 2.05) is 31.5 Å². The van der Waals surface area contributed by atoms with Gasteiger partial charge in [-0.2, -0.15) is 5.10 Å². The summed E-state index contributed by atoms with van der Waals surface area (Å²) in [6, 6.07) is 3.33. The Morgan fingerprint density at radius 2 is 2.05 bits per heavy atom. The lowest BCUT2D eigenvalue weighted by Crippen LogP contribution is -2.27. The zero-order valence-electron chi connectivity index (χ0n) is 21.9. The van der Waals surface area contributed by atoms with E-state index in [1.165, 1.54) is 6.33 Å². The van der Waals surface area contributed by atoms with Crippen molar-refractivity contribution in [3.63, 3.8) is 0 Å². The fourth-order valence-corrected chi connectivity index (χ4v) is 4.47. The molecule has 1 atom stereocenters. The molecule has 1 unspecified atom stereocenters. The van der Waals surface area contributed by atoms with E-state index in [9.17, 15) is 4.79 Å². The van der Waals surface area contributed by atoms with Gasteiger partial charge in [0.05, 0.1) is 30.8 Å². The Labute approximate surface area is 221 Å². The molecule has 1 amide bonds. The van der Waals surface area contributed by atoms with Gasteiger partial charge in [-0.1, -0.05) is 31.0 Å². The van der Waals surface area contributed by atoms with E-state index in [-0.39, 0.29) is 30.8 Å². The molecule has 3 heterocycles. The highest BCUT2D eigenvalue weighted by molar-refractivity contribution is 6.30. The van der Waals surface area contributed by atoms with Crippen LogP contribution in [0.25, 0.3) is 16.6 Å². The summed E-state index contributed by atoms with van der Waals surface area (Å²) in [5, 5.41) is 17.7. The summed E-state index contributed by atoms with van der Waals surface area (Å²) < 4.78 is 7.77. The summed E-state index contributed by atoms with van der Waals surface area (Å²) in [5.74, 6) is 0.732. The number of nitrogen functional groups attached to an aromatic ring is 1. The molecule has 4 N–H and O–H groups in total. The number of hydrogen-bond donors (Lipinski definition) is 3. The largest absolute Gasteiger partial charge is 0.500 e. The van der Waals surface area contributed by atoms with Crippen molar-refractivity contribution in [3.05, 3.63) is 58.0 Å². The number of carbonyl (C=O) groups excluding carboxylic acids is 1. The molecule has 10 nitrogen and oxygen atoms in total. The van der Waals surface area contributed by atoms with Crippen LogP contribution in [0.5, 0.6) is 0 Å². The van der Waals surface area contributed by atoms with Crippen LogP contribution in [0.15, 0.2) is 41.0 Å². The highest BCUT2D eigenvalue weighted by Gasteiger charge is 2.22. The normalized spacial score (nSPS) is 13.7. The summed E-state index contributed by atoms with van der Waals surface area (Å²) in [5.41, 5.74) is 10.2. The maximum Gasteiger partial charge on any atom is 0.269 e. The minimum absolute atomic E-state index is 0.135. The first kappa shape index (κ1) is 28.1. The lowest BCUT2D eigenvalue weighted by Gasteiger charge is -2.20. The molecule has 11 heteroatoms. The summed E-state index contributed by atoms with van der Waals surface area (Å²) in [6.07, 6.45) is 5.16. The van der Waals surface area contributed by atoms with Crippen LogP contribution in [-0.2, 0) is 4.74 Å². The lowest BCUT2D eigenvalue weighted by atomic mass is 9.95.